The molecule has 0 aromatic heterocycles. The van der Waals surface area contributed by atoms with E-state index < -0.39 is 11.7 Å². The van der Waals surface area contributed by atoms with Crippen molar-refractivity contribution in [3.05, 3.63) is 69.4 Å². The Morgan fingerprint density at radius 1 is 1.29 bits per heavy atom. The normalized spacial score (nSPS) is 12.1. The highest BCUT2D eigenvalue weighted by molar-refractivity contribution is 9.10. The van der Waals surface area contributed by atoms with Gasteiger partial charge in [0.2, 0.25) is 5.91 Å². The number of rotatable bonds is 5. The first kappa shape index (κ1) is 15.7. The molecule has 3 N–H and O–H groups in total. The SMILES string of the molecule is C[C@@H](NCc1ccc(C(N)=O)cc1F)c1ccc(Br)cc1. The van der Waals surface area contributed by atoms with E-state index in [0.717, 1.165) is 10.0 Å². The molecule has 0 saturated carbocycles. The number of nitrogens with one attached hydrogen (secondary N) is 1. The average Bonchev–Trinajstić information content (AvgIpc) is 2.46. The van der Waals surface area contributed by atoms with E-state index in [2.05, 4.69) is 21.2 Å². The maximum atomic E-state index is 13.9. The number of carbonyl (C=O) groups excluding carboxylic acids is 1. The van der Waals surface area contributed by atoms with Gasteiger partial charge < -0.3 is 11.1 Å². The summed E-state index contributed by atoms with van der Waals surface area (Å²) in [6.07, 6.45) is 0. The van der Waals surface area contributed by atoms with Gasteiger partial charge in [-0.3, -0.25) is 4.79 Å². The first-order valence-corrected chi connectivity index (χ1v) is 7.33. The number of hydrogen-bond donors (Lipinski definition) is 2. The van der Waals surface area contributed by atoms with E-state index in [4.69, 9.17) is 5.73 Å². The van der Waals surface area contributed by atoms with Gasteiger partial charge in [-0.2, -0.15) is 0 Å². The van der Waals surface area contributed by atoms with E-state index in [9.17, 15) is 9.18 Å². The molecule has 0 aliphatic rings. The van der Waals surface area contributed by atoms with Crippen LogP contribution in [0.2, 0.25) is 0 Å². The van der Waals surface area contributed by atoms with Crippen LogP contribution in [0.25, 0.3) is 0 Å². The standard InChI is InChI=1S/C16H16BrFN2O/c1-10(11-4-6-14(17)7-5-11)20-9-13-3-2-12(16(19)21)8-15(13)18/h2-8,10,20H,9H2,1H3,(H2,19,21)/t10-/m1/s1. The van der Waals surface area contributed by atoms with E-state index in [1.54, 1.807) is 6.07 Å². The second kappa shape index (κ2) is 6.83. The maximum absolute atomic E-state index is 13.9. The predicted molar refractivity (Wildman–Crippen MR) is 84.3 cm³/mol. The molecular weight excluding hydrogens is 335 g/mol. The lowest BCUT2D eigenvalue weighted by Crippen LogP contribution is -2.19. The Bertz CT molecular complexity index is 643. The molecule has 0 aliphatic carbocycles. The average molecular weight is 351 g/mol. The molecule has 0 heterocycles. The van der Waals surface area contributed by atoms with Crippen LogP contribution in [0.4, 0.5) is 4.39 Å². The Morgan fingerprint density at radius 3 is 2.52 bits per heavy atom. The van der Waals surface area contributed by atoms with Gasteiger partial charge in [0, 0.05) is 28.2 Å². The second-order valence-corrected chi connectivity index (χ2v) is 5.74. The molecule has 2 aromatic rings. The minimum absolute atomic E-state index is 0.0910. The summed E-state index contributed by atoms with van der Waals surface area (Å²) >= 11 is 3.39. The van der Waals surface area contributed by atoms with Gasteiger partial charge in [0.25, 0.3) is 0 Å². The van der Waals surface area contributed by atoms with Crippen molar-refractivity contribution in [3.63, 3.8) is 0 Å². The van der Waals surface area contributed by atoms with Crippen molar-refractivity contribution in [1.82, 2.24) is 5.32 Å². The fraction of sp³-hybridized carbons (Fsp3) is 0.188. The van der Waals surface area contributed by atoms with E-state index in [1.165, 1.54) is 12.1 Å². The zero-order valence-electron chi connectivity index (χ0n) is 11.6. The van der Waals surface area contributed by atoms with Gasteiger partial charge in [-0.25, -0.2) is 4.39 Å². The third kappa shape index (κ3) is 4.12. The van der Waals surface area contributed by atoms with Gasteiger partial charge in [-0.05, 0) is 36.8 Å². The van der Waals surface area contributed by atoms with E-state index >= 15 is 0 Å². The smallest absolute Gasteiger partial charge is 0.248 e. The number of nitrogens with two attached hydrogens (primary N) is 1. The fourth-order valence-corrected chi connectivity index (χ4v) is 2.24. The third-order valence-corrected chi connectivity index (χ3v) is 3.83. The Kier molecular flexibility index (Phi) is 5.09. The number of amides is 1. The Hall–Kier alpha value is -1.72. The van der Waals surface area contributed by atoms with Crippen LogP contribution in [0.5, 0.6) is 0 Å². The van der Waals surface area contributed by atoms with E-state index in [-0.39, 0.29) is 11.6 Å². The van der Waals surface area contributed by atoms with Crippen LogP contribution in [0, 0.1) is 5.82 Å². The highest BCUT2D eigenvalue weighted by Crippen LogP contribution is 2.18. The quantitative estimate of drug-likeness (QED) is 0.866. The molecule has 21 heavy (non-hydrogen) atoms. The molecule has 110 valence electrons. The van der Waals surface area contributed by atoms with Crippen molar-refractivity contribution >= 4 is 21.8 Å². The monoisotopic (exact) mass is 350 g/mol. The van der Waals surface area contributed by atoms with E-state index in [0.29, 0.717) is 12.1 Å². The van der Waals surface area contributed by atoms with E-state index in [1.807, 2.05) is 31.2 Å². The van der Waals surface area contributed by atoms with Crippen LogP contribution in [0.3, 0.4) is 0 Å². The lowest BCUT2D eigenvalue weighted by Gasteiger charge is -2.15. The van der Waals surface area contributed by atoms with Gasteiger partial charge in [-0.1, -0.05) is 34.1 Å². The van der Waals surface area contributed by atoms with Crippen LogP contribution in [-0.2, 0) is 6.54 Å². The van der Waals surface area contributed by atoms with Crippen molar-refractivity contribution in [2.75, 3.05) is 0 Å². The molecule has 0 aliphatic heterocycles. The number of halogens is 2. The zero-order valence-corrected chi connectivity index (χ0v) is 13.2. The zero-order chi connectivity index (χ0) is 15.4. The van der Waals surface area contributed by atoms with Gasteiger partial charge in [0.1, 0.15) is 5.82 Å². The Labute approximate surface area is 131 Å². The molecule has 5 heteroatoms. The molecule has 0 saturated heterocycles. The minimum Gasteiger partial charge on any atom is -0.366 e. The van der Waals surface area contributed by atoms with Crippen molar-refractivity contribution < 1.29 is 9.18 Å². The molecule has 0 fully saturated rings. The summed E-state index contributed by atoms with van der Waals surface area (Å²) in [5, 5.41) is 3.25. The summed E-state index contributed by atoms with van der Waals surface area (Å²) in [6, 6.07) is 12.3. The molecule has 0 bridgehead atoms. The van der Waals surface area contributed by atoms with Crippen LogP contribution in [-0.4, -0.2) is 5.91 Å². The second-order valence-electron chi connectivity index (χ2n) is 4.82. The molecule has 2 aromatic carbocycles. The van der Waals surface area contributed by atoms with Crippen molar-refractivity contribution in [1.29, 1.82) is 0 Å². The fourth-order valence-electron chi connectivity index (χ4n) is 1.98. The number of primary amides is 1. The number of benzene rings is 2. The molecule has 1 atom stereocenters. The maximum Gasteiger partial charge on any atom is 0.248 e. The molecule has 0 unspecified atom stereocenters. The van der Waals surface area contributed by atoms with Crippen LogP contribution >= 0.6 is 15.9 Å². The molecule has 0 spiro atoms. The molecule has 1 amide bonds. The summed E-state index contributed by atoms with van der Waals surface area (Å²) < 4.78 is 14.9. The topological polar surface area (TPSA) is 55.1 Å². The van der Waals surface area contributed by atoms with Gasteiger partial charge in [0.15, 0.2) is 0 Å². The highest BCUT2D eigenvalue weighted by Gasteiger charge is 2.09. The van der Waals surface area contributed by atoms with Crippen molar-refractivity contribution in [3.8, 4) is 0 Å². The summed E-state index contributed by atoms with van der Waals surface area (Å²) in [4.78, 5) is 11.0. The lowest BCUT2D eigenvalue weighted by atomic mass is 10.1. The lowest BCUT2D eigenvalue weighted by molar-refractivity contribution is 0.1000. The summed E-state index contributed by atoms with van der Waals surface area (Å²) in [7, 11) is 0. The van der Waals surface area contributed by atoms with Crippen LogP contribution in [0.15, 0.2) is 46.9 Å². The van der Waals surface area contributed by atoms with Gasteiger partial charge >= 0.3 is 0 Å². The molecule has 3 nitrogen and oxygen atoms in total. The number of hydrogen-bond acceptors (Lipinski definition) is 2. The summed E-state index contributed by atoms with van der Waals surface area (Å²) in [6.45, 7) is 2.39. The first-order chi connectivity index (χ1) is 9.97. The largest absolute Gasteiger partial charge is 0.366 e. The van der Waals surface area contributed by atoms with Gasteiger partial charge in [0.05, 0.1) is 0 Å². The predicted octanol–water partition coefficient (Wildman–Crippen LogP) is 3.54. The molecule has 0 radical (unpaired) electrons. The van der Waals surface area contributed by atoms with Gasteiger partial charge in [-0.15, -0.1) is 0 Å². The van der Waals surface area contributed by atoms with Crippen molar-refractivity contribution in [2.45, 2.75) is 19.5 Å². The summed E-state index contributed by atoms with van der Waals surface area (Å²) in [5.74, 6) is -1.06. The van der Waals surface area contributed by atoms with Crippen molar-refractivity contribution in [2.24, 2.45) is 5.73 Å². The first-order valence-electron chi connectivity index (χ1n) is 6.54. The highest BCUT2D eigenvalue weighted by atomic mass is 79.9. The minimum atomic E-state index is -0.628. The molecule has 2 rings (SSSR count). The molecular formula is C16H16BrFN2O. The summed E-state index contributed by atoms with van der Waals surface area (Å²) in [5.41, 5.74) is 6.92. The Morgan fingerprint density at radius 2 is 1.95 bits per heavy atom. The third-order valence-electron chi connectivity index (χ3n) is 3.31. The Balaban J connectivity index is 2.02. The van der Waals surface area contributed by atoms with Crippen LogP contribution in [0.1, 0.15) is 34.5 Å². The number of carbonyl (C=O) groups is 1. The van der Waals surface area contributed by atoms with Crippen LogP contribution < -0.4 is 11.1 Å².